The predicted molar refractivity (Wildman–Crippen MR) is 60.1 cm³/mol. The summed E-state index contributed by atoms with van der Waals surface area (Å²) in [6.45, 7) is 7.40. The maximum absolute atomic E-state index is 5.59. The van der Waals surface area contributed by atoms with Crippen molar-refractivity contribution in [2.75, 3.05) is 6.61 Å². The Labute approximate surface area is 86.4 Å². The Hall–Kier alpha value is -1.08. The molecule has 0 aliphatic carbocycles. The molecule has 0 radical (unpaired) electrons. The molecule has 0 fully saturated rings. The molecule has 1 aromatic carbocycles. The van der Waals surface area contributed by atoms with Gasteiger partial charge in [-0.15, -0.1) is 6.58 Å². The van der Waals surface area contributed by atoms with Gasteiger partial charge in [0.2, 0.25) is 0 Å². The summed E-state index contributed by atoms with van der Waals surface area (Å²) in [5, 5.41) is 0. The van der Waals surface area contributed by atoms with E-state index in [0.717, 1.165) is 13.0 Å². The van der Waals surface area contributed by atoms with E-state index in [9.17, 15) is 0 Å². The molecule has 0 heterocycles. The first-order valence-corrected chi connectivity index (χ1v) is 5.05. The standard InChI is InChI=1S/C13H18O/c1-3-7-12(2)10-14-11-13-8-5-4-6-9-13/h3-6,8-9,12H,1,7,10-11H2,2H3. The maximum atomic E-state index is 5.59. The van der Waals surface area contributed by atoms with E-state index in [1.807, 2.05) is 24.3 Å². The fourth-order valence-electron chi connectivity index (χ4n) is 1.30. The average molecular weight is 190 g/mol. The molecular weight excluding hydrogens is 172 g/mol. The van der Waals surface area contributed by atoms with E-state index in [2.05, 4.69) is 25.6 Å². The van der Waals surface area contributed by atoms with Crippen LogP contribution in [0, 0.1) is 5.92 Å². The molecule has 1 nitrogen and oxygen atoms in total. The van der Waals surface area contributed by atoms with Gasteiger partial charge in [0.1, 0.15) is 0 Å². The van der Waals surface area contributed by atoms with E-state index in [4.69, 9.17) is 4.74 Å². The van der Waals surface area contributed by atoms with Crippen LogP contribution in [-0.4, -0.2) is 6.61 Å². The minimum absolute atomic E-state index is 0.566. The molecule has 1 unspecified atom stereocenters. The van der Waals surface area contributed by atoms with Crippen LogP contribution in [-0.2, 0) is 11.3 Å². The van der Waals surface area contributed by atoms with E-state index >= 15 is 0 Å². The van der Waals surface area contributed by atoms with Crippen LogP contribution < -0.4 is 0 Å². The molecule has 0 spiro atoms. The minimum atomic E-state index is 0.566. The summed E-state index contributed by atoms with van der Waals surface area (Å²) in [5.41, 5.74) is 1.23. The van der Waals surface area contributed by atoms with Crippen LogP contribution in [0.25, 0.3) is 0 Å². The van der Waals surface area contributed by atoms with Crippen molar-refractivity contribution < 1.29 is 4.74 Å². The second kappa shape index (κ2) is 6.39. The number of benzene rings is 1. The van der Waals surface area contributed by atoms with E-state index in [1.54, 1.807) is 0 Å². The highest BCUT2D eigenvalue weighted by atomic mass is 16.5. The van der Waals surface area contributed by atoms with Gasteiger partial charge in [-0.1, -0.05) is 43.3 Å². The summed E-state index contributed by atoms with van der Waals surface area (Å²) in [6.07, 6.45) is 2.96. The van der Waals surface area contributed by atoms with Crippen LogP contribution in [0.4, 0.5) is 0 Å². The Kier molecular flexibility index (Phi) is 5.02. The highest BCUT2D eigenvalue weighted by molar-refractivity contribution is 5.13. The molecule has 0 aliphatic rings. The highest BCUT2D eigenvalue weighted by Crippen LogP contribution is 2.06. The average Bonchev–Trinajstić information content (AvgIpc) is 2.20. The minimum Gasteiger partial charge on any atom is -0.376 e. The lowest BCUT2D eigenvalue weighted by Gasteiger charge is -2.09. The van der Waals surface area contributed by atoms with Crippen LogP contribution in [0.3, 0.4) is 0 Å². The van der Waals surface area contributed by atoms with E-state index in [-0.39, 0.29) is 0 Å². The van der Waals surface area contributed by atoms with Crippen molar-refractivity contribution in [2.45, 2.75) is 20.0 Å². The van der Waals surface area contributed by atoms with Crippen LogP contribution in [0.15, 0.2) is 43.0 Å². The molecule has 1 atom stereocenters. The number of rotatable bonds is 6. The summed E-state index contributed by atoms with van der Waals surface area (Å²) >= 11 is 0. The molecular formula is C13H18O. The van der Waals surface area contributed by atoms with Crippen molar-refractivity contribution >= 4 is 0 Å². The molecule has 0 aliphatic heterocycles. The Morgan fingerprint density at radius 2 is 2.07 bits per heavy atom. The van der Waals surface area contributed by atoms with E-state index in [0.29, 0.717) is 12.5 Å². The van der Waals surface area contributed by atoms with Gasteiger partial charge in [0.25, 0.3) is 0 Å². The van der Waals surface area contributed by atoms with Gasteiger partial charge in [0.15, 0.2) is 0 Å². The molecule has 0 N–H and O–H groups in total. The smallest absolute Gasteiger partial charge is 0.0717 e. The van der Waals surface area contributed by atoms with Crippen molar-refractivity contribution in [3.8, 4) is 0 Å². The van der Waals surface area contributed by atoms with Gasteiger partial charge >= 0.3 is 0 Å². The zero-order valence-corrected chi connectivity index (χ0v) is 8.78. The molecule has 0 amide bonds. The van der Waals surface area contributed by atoms with E-state index in [1.165, 1.54) is 5.56 Å². The molecule has 1 rings (SSSR count). The normalized spacial score (nSPS) is 12.4. The van der Waals surface area contributed by atoms with Crippen LogP contribution in [0.5, 0.6) is 0 Å². The summed E-state index contributed by atoms with van der Waals surface area (Å²) in [7, 11) is 0. The van der Waals surface area contributed by atoms with Crippen molar-refractivity contribution in [2.24, 2.45) is 5.92 Å². The van der Waals surface area contributed by atoms with Crippen molar-refractivity contribution in [1.82, 2.24) is 0 Å². The monoisotopic (exact) mass is 190 g/mol. The number of allylic oxidation sites excluding steroid dienone is 1. The van der Waals surface area contributed by atoms with Crippen LogP contribution in [0.2, 0.25) is 0 Å². The van der Waals surface area contributed by atoms with Gasteiger partial charge in [-0.3, -0.25) is 0 Å². The molecule has 14 heavy (non-hydrogen) atoms. The summed E-state index contributed by atoms with van der Waals surface area (Å²) < 4.78 is 5.59. The fourth-order valence-corrected chi connectivity index (χ4v) is 1.30. The second-order valence-electron chi connectivity index (χ2n) is 3.63. The third-order valence-corrected chi connectivity index (χ3v) is 2.08. The molecule has 0 bridgehead atoms. The Bertz CT molecular complexity index is 253. The lowest BCUT2D eigenvalue weighted by Crippen LogP contribution is -2.04. The first-order chi connectivity index (χ1) is 6.83. The zero-order valence-electron chi connectivity index (χ0n) is 8.78. The lowest BCUT2D eigenvalue weighted by molar-refractivity contribution is 0.0929. The molecule has 0 saturated carbocycles. The van der Waals surface area contributed by atoms with Gasteiger partial charge in [-0.05, 0) is 17.9 Å². The molecule has 1 heteroatoms. The van der Waals surface area contributed by atoms with Gasteiger partial charge in [0.05, 0.1) is 6.61 Å². The lowest BCUT2D eigenvalue weighted by atomic mass is 10.1. The Morgan fingerprint density at radius 1 is 1.36 bits per heavy atom. The van der Waals surface area contributed by atoms with Crippen molar-refractivity contribution in [3.63, 3.8) is 0 Å². The molecule has 0 saturated heterocycles. The summed E-state index contributed by atoms with van der Waals surface area (Å²) in [6, 6.07) is 10.2. The van der Waals surface area contributed by atoms with Crippen molar-refractivity contribution in [1.29, 1.82) is 0 Å². The summed E-state index contributed by atoms with van der Waals surface area (Å²) in [4.78, 5) is 0. The van der Waals surface area contributed by atoms with Crippen molar-refractivity contribution in [3.05, 3.63) is 48.6 Å². The van der Waals surface area contributed by atoms with Crippen LogP contribution >= 0.6 is 0 Å². The predicted octanol–water partition coefficient (Wildman–Crippen LogP) is 3.42. The molecule has 0 aromatic heterocycles. The quantitative estimate of drug-likeness (QED) is 0.624. The Morgan fingerprint density at radius 3 is 2.71 bits per heavy atom. The third-order valence-electron chi connectivity index (χ3n) is 2.08. The third kappa shape index (κ3) is 4.24. The van der Waals surface area contributed by atoms with Crippen LogP contribution in [0.1, 0.15) is 18.9 Å². The van der Waals surface area contributed by atoms with Gasteiger partial charge in [-0.25, -0.2) is 0 Å². The first-order valence-electron chi connectivity index (χ1n) is 5.05. The number of ether oxygens (including phenoxy) is 1. The highest BCUT2D eigenvalue weighted by Gasteiger charge is 1.99. The Balaban J connectivity index is 2.18. The first kappa shape index (κ1) is 11.0. The fraction of sp³-hybridized carbons (Fsp3) is 0.385. The molecule has 1 aromatic rings. The van der Waals surface area contributed by atoms with Gasteiger partial charge in [-0.2, -0.15) is 0 Å². The molecule has 76 valence electrons. The number of hydrogen-bond acceptors (Lipinski definition) is 1. The summed E-state index contributed by atoms with van der Waals surface area (Å²) in [5.74, 6) is 0.566. The SMILES string of the molecule is C=CCC(C)COCc1ccccc1. The maximum Gasteiger partial charge on any atom is 0.0717 e. The topological polar surface area (TPSA) is 9.23 Å². The zero-order chi connectivity index (χ0) is 10.2. The largest absolute Gasteiger partial charge is 0.376 e. The number of hydrogen-bond donors (Lipinski definition) is 0. The second-order valence-corrected chi connectivity index (χ2v) is 3.63. The van der Waals surface area contributed by atoms with Gasteiger partial charge in [0, 0.05) is 6.61 Å². The van der Waals surface area contributed by atoms with E-state index < -0.39 is 0 Å². The van der Waals surface area contributed by atoms with Gasteiger partial charge < -0.3 is 4.74 Å².